The van der Waals surface area contributed by atoms with Crippen LogP contribution in [0.5, 0.6) is 0 Å². The van der Waals surface area contributed by atoms with Crippen LogP contribution in [0.3, 0.4) is 0 Å². The van der Waals surface area contributed by atoms with Crippen molar-refractivity contribution in [3.05, 3.63) is 35.4 Å². The van der Waals surface area contributed by atoms with Gasteiger partial charge in [0.1, 0.15) is 6.17 Å². The van der Waals surface area contributed by atoms with Crippen LogP contribution in [0.2, 0.25) is 0 Å². The molecular weight excluding hydrogens is 177 g/mol. The average molecular weight is 195 g/mol. The molecule has 1 unspecified atom stereocenters. The number of alkyl halides is 1. The van der Waals surface area contributed by atoms with Crippen LogP contribution in [0.15, 0.2) is 24.3 Å². The molecule has 1 aromatic rings. The van der Waals surface area contributed by atoms with E-state index in [0.29, 0.717) is 6.54 Å². The van der Waals surface area contributed by atoms with E-state index in [2.05, 4.69) is 0 Å². The summed E-state index contributed by atoms with van der Waals surface area (Å²) in [5, 5.41) is 0. The van der Waals surface area contributed by atoms with Crippen molar-refractivity contribution in [1.82, 2.24) is 0 Å². The van der Waals surface area contributed by atoms with E-state index in [1.807, 2.05) is 45.0 Å². The predicted molar refractivity (Wildman–Crippen MR) is 57.9 cm³/mol. The van der Waals surface area contributed by atoms with Crippen molar-refractivity contribution in [1.29, 1.82) is 0 Å². The molecule has 0 fully saturated rings. The van der Waals surface area contributed by atoms with E-state index in [1.54, 1.807) is 0 Å². The number of halogens is 1. The first-order chi connectivity index (χ1) is 6.49. The lowest BCUT2D eigenvalue weighted by molar-refractivity contribution is 0.152. The molecule has 0 spiro atoms. The first-order valence-corrected chi connectivity index (χ1v) is 4.88. The van der Waals surface area contributed by atoms with Gasteiger partial charge in [-0.1, -0.05) is 38.1 Å². The van der Waals surface area contributed by atoms with Crippen LogP contribution in [0, 0.1) is 12.3 Å². The van der Waals surface area contributed by atoms with Crippen molar-refractivity contribution < 1.29 is 4.39 Å². The number of hydrogen-bond acceptors (Lipinski definition) is 1. The van der Waals surface area contributed by atoms with E-state index in [9.17, 15) is 4.39 Å². The highest BCUT2D eigenvalue weighted by Gasteiger charge is 2.30. The Morgan fingerprint density at radius 3 is 2.43 bits per heavy atom. The predicted octanol–water partition coefficient (Wildman–Crippen LogP) is 2.99. The van der Waals surface area contributed by atoms with Gasteiger partial charge in [-0.05, 0) is 18.1 Å². The number of nitrogens with two attached hydrogens (primary N) is 1. The molecule has 1 atom stereocenters. The molecule has 2 heteroatoms. The normalized spacial score (nSPS) is 14.1. The van der Waals surface area contributed by atoms with Crippen molar-refractivity contribution in [2.24, 2.45) is 11.1 Å². The second kappa shape index (κ2) is 4.09. The van der Waals surface area contributed by atoms with Gasteiger partial charge in [-0.2, -0.15) is 0 Å². The quantitative estimate of drug-likeness (QED) is 0.788. The molecule has 0 radical (unpaired) electrons. The molecule has 0 heterocycles. The molecule has 0 saturated carbocycles. The van der Waals surface area contributed by atoms with Crippen LogP contribution < -0.4 is 5.73 Å². The van der Waals surface area contributed by atoms with Crippen molar-refractivity contribution in [3.63, 3.8) is 0 Å². The van der Waals surface area contributed by atoms with Gasteiger partial charge in [-0.3, -0.25) is 0 Å². The van der Waals surface area contributed by atoms with Gasteiger partial charge in [0.2, 0.25) is 0 Å². The van der Waals surface area contributed by atoms with Gasteiger partial charge in [0.05, 0.1) is 0 Å². The molecule has 0 aliphatic rings. The van der Waals surface area contributed by atoms with Gasteiger partial charge in [-0.15, -0.1) is 0 Å². The summed E-state index contributed by atoms with van der Waals surface area (Å²) in [4.78, 5) is 0. The summed E-state index contributed by atoms with van der Waals surface area (Å²) in [5.74, 6) is 0. The highest BCUT2D eigenvalue weighted by molar-refractivity contribution is 5.28. The Kier molecular flexibility index (Phi) is 3.27. The third kappa shape index (κ3) is 2.13. The van der Waals surface area contributed by atoms with E-state index in [1.165, 1.54) is 0 Å². The fraction of sp³-hybridized carbons (Fsp3) is 0.500. The van der Waals surface area contributed by atoms with Crippen LogP contribution in [0.1, 0.15) is 31.1 Å². The molecule has 0 saturated heterocycles. The van der Waals surface area contributed by atoms with Crippen LogP contribution in [0.4, 0.5) is 4.39 Å². The zero-order valence-corrected chi connectivity index (χ0v) is 9.05. The molecular formula is C12H18FN. The van der Waals surface area contributed by atoms with E-state index in [-0.39, 0.29) is 0 Å². The molecule has 2 N–H and O–H groups in total. The Labute approximate surface area is 85.1 Å². The number of rotatable bonds is 3. The maximum atomic E-state index is 14.1. The van der Waals surface area contributed by atoms with Gasteiger partial charge in [0, 0.05) is 12.0 Å². The van der Waals surface area contributed by atoms with E-state index in [4.69, 9.17) is 5.73 Å². The minimum absolute atomic E-state index is 0.350. The van der Waals surface area contributed by atoms with Crippen molar-refractivity contribution in [3.8, 4) is 0 Å². The fourth-order valence-electron chi connectivity index (χ4n) is 1.40. The Morgan fingerprint density at radius 1 is 1.36 bits per heavy atom. The zero-order chi connectivity index (χ0) is 10.8. The molecule has 0 aromatic heterocycles. The third-order valence-corrected chi connectivity index (χ3v) is 2.67. The smallest absolute Gasteiger partial charge is 0.132 e. The fourth-order valence-corrected chi connectivity index (χ4v) is 1.40. The minimum Gasteiger partial charge on any atom is -0.330 e. The first-order valence-electron chi connectivity index (χ1n) is 4.88. The second-order valence-corrected chi connectivity index (χ2v) is 4.41. The Hall–Kier alpha value is -0.890. The maximum absolute atomic E-state index is 14.1. The van der Waals surface area contributed by atoms with E-state index >= 15 is 0 Å². The summed E-state index contributed by atoms with van der Waals surface area (Å²) in [6.45, 7) is 5.98. The van der Waals surface area contributed by atoms with Gasteiger partial charge in [0.15, 0.2) is 0 Å². The third-order valence-electron chi connectivity index (χ3n) is 2.67. The molecule has 1 rings (SSSR count). The van der Waals surface area contributed by atoms with Gasteiger partial charge in [0.25, 0.3) is 0 Å². The Morgan fingerprint density at radius 2 is 1.93 bits per heavy atom. The largest absolute Gasteiger partial charge is 0.330 e. The van der Waals surface area contributed by atoms with E-state index in [0.717, 1.165) is 11.1 Å². The monoisotopic (exact) mass is 195 g/mol. The SMILES string of the molecule is Cc1ccccc1C(F)C(C)(C)CN. The topological polar surface area (TPSA) is 26.0 Å². The highest BCUT2D eigenvalue weighted by Crippen LogP contribution is 2.36. The van der Waals surface area contributed by atoms with Crippen molar-refractivity contribution in [2.45, 2.75) is 26.9 Å². The lowest BCUT2D eigenvalue weighted by atomic mass is 9.82. The molecule has 0 amide bonds. The van der Waals surface area contributed by atoms with Crippen LogP contribution in [-0.4, -0.2) is 6.54 Å². The standard InChI is InChI=1S/C12H18FN/c1-9-6-4-5-7-10(9)11(13)12(2,3)8-14/h4-7,11H,8,14H2,1-3H3. The Balaban J connectivity index is 3.00. The van der Waals surface area contributed by atoms with Crippen LogP contribution in [0.25, 0.3) is 0 Å². The summed E-state index contributed by atoms with van der Waals surface area (Å²) in [7, 11) is 0. The number of hydrogen-bond donors (Lipinski definition) is 1. The molecule has 78 valence electrons. The first kappa shape index (κ1) is 11.2. The average Bonchev–Trinajstić information content (AvgIpc) is 2.17. The Bertz CT molecular complexity index is 307. The van der Waals surface area contributed by atoms with Gasteiger partial charge >= 0.3 is 0 Å². The van der Waals surface area contributed by atoms with Crippen LogP contribution >= 0.6 is 0 Å². The minimum atomic E-state index is -0.992. The van der Waals surface area contributed by atoms with Gasteiger partial charge in [-0.25, -0.2) is 4.39 Å². The molecule has 0 aliphatic carbocycles. The van der Waals surface area contributed by atoms with Crippen molar-refractivity contribution >= 4 is 0 Å². The second-order valence-electron chi connectivity index (χ2n) is 4.41. The summed E-state index contributed by atoms with van der Waals surface area (Å²) in [6.07, 6.45) is -0.992. The summed E-state index contributed by atoms with van der Waals surface area (Å²) >= 11 is 0. The summed E-state index contributed by atoms with van der Waals surface area (Å²) < 4.78 is 14.1. The maximum Gasteiger partial charge on any atom is 0.132 e. The van der Waals surface area contributed by atoms with E-state index < -0.39 is 11.6 Å². The van der Waals surface area contributed by atoms with Gasteiger partial charge < -0.3 is 5.73 Å². The number of benzene rings is 1. The van der Waals surface area contributed by atoms with Crippen molar-refractivity contribution in [2.75, 3.05) is 6.54 Å². The molecule has 0 aliphatic heterocycles. The summed E-state index contributed by atoms with van der Waals surface area (Å²) in [5.41, 5.74) is 6.80. The molecule has 14 heavy (non-hydrogen) atoms. The zero-order valence-electron chi connectivity index (χ0n) is 9.05. The highest BCUT2D eigenvalue weighted by atomic mass is 19.1. The summed E-state index contributed by atoms with van der Waals surface area (Å²) in [6, 6.07) is 7.54. The number of aryl methyl sites for hydroxylation is 1. The lowest BCUT2D eigenvalue weighted by Gasteiger charge is -2.28. The lowest BCUT2D eigenvalue weighted by Crippen LogP contribution is -2.29. The van der Waals surface area contributed by atoms with Crippen LogP contribution in [-0.2, 0) is 0 Å². The molecule has 1 aromatic carbocycles. The molecule has 1 nitrogen and oxygen atoms in total. The molecule has 0 bridgehead atoms.